The van der Waals surface area contributed by atoms with Crippen molar-refractivity contribution < 1.29 is 5.11 Å². The van der Waals surface area contributed by atoms with Gasteiger partial charge in [0.25, 0.3) is 0 Å². The first-order valence-electron chi connectivity index (χ1n) is 12.2. The summed E-state index contributed by atoms with van der Waals surface area (Å²) in [5.41, 5.74) is 5.22. The summed E-state index contributed by atoms with van der Waals surface area (Å²) in [5.74, 6) is 1.58. The third-order valence-electron chi connectivity index (χ3n) is 6.50. The fraction of sp³-hybridized carbons (Fsp3) is 0.259. The highest BCUT2D eigenvalue weighted by molar-refractivity contribution is 7.22. The molecular formula is C27H27N7OS. The molecule has 4 N–H and O–H groups in total. The predicted octanol–water partition coefficient (Wildman–Crippen LogP) is 5.53. The molecule has 0 bridgehead atoms. The van der Waals surface area contributed by atoms with Crippen LogP contribution in [0, 0.1) is 0 Å². The van der Waals surface area contributed by atoms with E-state index in [4.69, 9.17) is 9.97 Å². The van der Waals surface area contributed by atoms with Gasteiger partial charge in [-0.15, -0.1) is 0 Å². The fourth-order valence-electron chi connectivity index (χ4n) is 4.64. The molecule has 4 heterocycles. The number of fused-ring (bicyclic) bond motifs is 1. The van der Waals surface area contributed by atoms with Gasteiger partial charge in [-0.05, 0) is 73.2 Å². The maximum absolute atomic E-state index is 9.87. The van der Waals surface area contributed by atoms with Gasteiger partial charge in [-0.3, -0.25) is 10.1 Å². The maximum atomic E-state index is 9.87. The highest BCUT2D eigenvalue weighted by Crippen LogP contribution is 2.32. The third kappa shape index (κ3) is 5.22. The number of hydrogen-bond acceptors (Lipinski definition) is 8. The van der Waals surface area contributed by atoms with Crippen molar-refractivity contribution in [3.63, 3.8) is 0 Å². The second-order valence-electron chi connectivity index (χ2n) is 9.21. The molecule has 36 heavy (non-hydrogen) atoms. The van der Waals surface area contributed by atoms with E-state index in [0.29, 0.717) is 12.5 Å². The van der Waals surface area contributed by atoms with Crippen LogP contribution < -0.4 is 10.6 Å². The van der Waals surface area contributed by atoms with Gasteiger partial charge < -0.3 is 15.7 Å². The molecule has 182 valence electrons. The number of nitrogens with one attached hydrogen (secondary N) is 3. The molecule has 1 fully saturated rings. The van der Waals surface area contributed by atoms with Crippen molar-refractivity contribution in [3.05, 3.63) is 78.4 Å². The van der Waals surface area contributed by atoms with Crippen molar-refractivity contribution in [1.29, 1.82) is 0 Å². The zero-order chi connectivity index (χ0) is 24.3. The third-order valence-corrected chi connectivity index (χ3v) is 7.43. The summed E-state index contributed by atoms with van der Waals surface area (Å²) in [4.78, 5) is 14.1. The Labute approximate surface area is 212 Å². The summed E-state index contributed by atoms with van der Waals surface area (Å²) >= 11 is 1.60. The van der Waals surface area contributed by atoms with Crippen LogP contribution in [0.5, 0.6) is 0 Å². The number of nitrogens with zero attached hydrogens (tertiary/aromatic N) is 4. The number of hydrogen-bond donors (Lipinski definition) is 4. The predicted molar refractivity (Wildman–Crippen MR) is 144 cm³/mol. The number of aliphatic hydroxyl groups is 1. The number of benzene rings is 1. The van der Waals surface area contributed by atoms with Gasteiger partial charge in [0.15, 0.2) is 5.13 Å². The number of thiazole rings is 1. The first kappa shape index (κ1) is 22.6. The minimum atomic E-state index is -0.184. The number of pyridine rings is 2. The molecule has 1 aromatic carbocycles. The molecule has 0 aliphatic heterocycles. The van der Waals surface area contributed by atoms with Gasteiger partial charge in [0.05, 0.1) is 22.5 Å². The SMILES string of the molecule is O[C@H]1CC[C@H](Nc2cc(Cc3ccccn3)cc(Nc3nc4ccc(-c5cn[nH]c5)cc4s3)n2)CC1. The van der Waals surface area contributed by atoms with Crippen molar-refractivity contribution in [2.24, 2.45) is 0 Å². The van der Waals surface area contributed by atoms with Crippen molar-refractivity contribution in [3.8, 4) is 11.1 Å². The van der Waals surface area contributed by atoms with Crippen LogP contribution in [0.25, 0.3) is 21.3 Å². The topological polar surface area (TPSA) is 112 Å². The Morgan fingerprint density at radius 1 is 0.972 bits per heavy atom. The Bertz CT molecular complexity index is 1440. The van der Waals surface area contributed by atoms with Crippen LogP contribution in [0.15, 0.2) is 67.1 Å². The molecule has 0 atom stereocenters. The number of H-pyrrole nitrogens is 1. The minimum absolute atomic E-state index is 0.184. The molecule has 0 saturated heterocycles. The highest BCUT2D eigenvalue weighted by Gasteiger charge is 2.20. The minimum Gasteiger partial charge on any atom is -0.393 e. The van der Waals surface area contributed by atoms with Crippen molar-refractivity contribution in [2.75, 3.05) is 10.6 Å². The molecular weight excluding hydrogens is 470 g/mol. The number of aromatic nitrogens is 5. The largest absolute Gasteiger partial charge is 0.393 e. The van der Waals surface area contributed by atoms with E-state index in [-0.39, 0.29) is 6.10 Å². The molecule has 4 aromatic heterocycles. The lowest BCUT2D eigenvalue weighted by molar-refractivity contribution is 0.126. The first-order valence-corrected chi connectivity index (χ1v) is 13.0. The monoisotopic (exact) mass is 497 g/mol. The number of rotatable bonds is 7. The summed E-state index contributed by atoms with van der Waals surface area (Å²) in [7, 11) is 0. The molecule has 1 aliphatic carbocycles. The number of aliphatic hydroxyl groups excluding tert-OH is 1. The van der Waals surface area contributed by atoms with Crippen molar-refractivity contribution in [2.45, 2.75) is 44.2 Å². The molecule has 1 aliphatic rings. The van der Waals surface area contributed by atoms with E-state index < -0.39 is 0 Å². The van der Waals surface area contributed by atoms with Gasteiger partial charge in [-0.2, -0.15) is 5.10 Å². The van der Waals surface area contributed by atoms with E-state index in [1.807, 2.05) is 42.9 Å². The van der Waals surface area contributed by atoms with Gasteiger partial charge in [0, 0.05) is 36.1 Å². The summed E-state index contributed by atoms with van der Waals surface area (Å²) in [6.07, 6.45) is 9.58. The summed E-state index contributed by atoms with van der Waals surface area (Å²) < 4.78 is 1.10. The molecule has 5 aromatic rings. The van der Waals surface area contributed by atoms with Crippen LogP contribution in [0.4, 0.5) is 16.8 Å². The molecule has 8 nitrogen and oxygen atoms in total. The van der Waals surface area contributed by atoms with E-state index in [0.717, 1.165) is 75.1 Å². The molecule has 0 amide bonds. The van der Waals surface area contributed by atoms with Crippen LogP contribution in [0.3, 0.4) is 0 Å². The summed E-state index contributed by atoms with van der Waals surface area (Å²) in [5, 5.41) is 24.6. The van der Waals surface area contributed by atoms with Crippen LogP contribution >= 0.6 is 11.3 Å². The Balaban J connectivity index is 1.27. The fourth-order valence-corrected chi connectivity index (χ4v) is 5.56. The van der Waals surface area contributed by atoms with Gasteiger partial charge >= 0.3 is 0 Å². The number of anilines is 3. The summed E-state index contributed by atoms with van der Waals surface area (Å²) in [6, 6.07) is 16.7. The van der Waals surface area contributed by atoms with Crippen LogP contribution in [0.1, 0.15) is 36.9 Å². The van der Waals surface area contributed by atoms with E-state index in [1.165, 1.54) is 0 Å². The van der Waals surface area contributed by atoms with E-state index in [9.17, 15) is 5.11 Å². The quantitative estimate of drug-likeness (QED) is 0.234. The highest BCUT2D eigenvalue weighted by atomic mass is 32.1. The zero-order valence-corrected chi connectivity index (χ0v) is 20.5. The Hall–Kier alpha value is -3.82. The second-order valence-corrected chi connectivity index (χ2v) is 10.2. The number of aromatic amines is 1. The standard InChI is InChI=1S/C27H27N7OS/c35-22-7-5-20(6-8-22)31-25-12-17(11-21-3-1-2-10-28-21)13-26(33-25)34-27-32-23-9-4-18(14-24(23)36-27)19-15-29-30-16-19/h1-4,9-10,12-16,20,22,35H,5-8,11H2,(H,29,30)(H2,31,32,33,34)/t20-,22-. The van der Waals surface area contributed by atoms with E-state index in [1.54, 1.807) is 11.3 Å². The van der Waals surface area contributed by atoms with Crippen LogP contribution in [-0.2, 0) is 6.42 Å². The lowest BCUT2D eigenvalue weighted by Gasteiger charge is -2.27. The molecule has 0 spiro atoms. The molecule has 0 unspecified atom stereocenters. The first-order chi connectivity index (χ1) is 17.7. The Morgan fingerprint density at radius 2 is 1.86 bits per heavy atom. The van der Waals surface area contributed by atoms with E-state index in [2.05, 4.69) is 50.1 Å². The lowest BCUT2D eigenvalue weighted by atomic mass is 9.93. The molecule has 9 heteroatoms. The average molecular weight is 498 g/mol. The van der Waals surface area contributed by atoms with Gasteiger partial charge in [-0.25, -0.2) is 9.97 Å². The smallest absolute Gasteiger partial charge is 0.189 e. The lowest BCUT2D eigenvalue weighted by Crippen LogP contribution is -2.28. The van der Waals surface area contributed by atoms with Crippen molar-refractivity contribution in [1.82, 2.24) is 25.1 Å². The normalized spacial score (nSPS) is 17.8. The van der Waals surface area contributed by atoms with Crippen molar-refractivity contribution >= 4 is 38.3 Å². The van der Waals surface area contributed by atoms with Gasteiger partial charge in [0.2, 0.25) is 0 Å². The Morgan fingerprint density at radius 3 is 2.67 bits per heavy atom. The zero-order valence-electron chi connectivity index (χ0n) is 19.7. The molecule has 6 rings (SSSR count). The average Bonchev–Trinajstić information content (AvgIpc) is 3.55. The maximum Gasteiger partial charge on any atom is 0.189 e. The molecule has 0 radical (unpaired) electrons. The van der Waals surface area contributed by atoms with Crippen LogP contribution in [-0.4, -0.2) is 42.4 Å². The Kier molecular flexibility index (Phi) is 6.31. The van der Waals surface area contributed by atoms with Gasteiger partial charge in [-0.1, -0.05) is 23.5 Å². The van der Waals surface area contributed by atoms with E-state index >= 15 is 0 Å². The van der Waals surface area contributed by atoms with Gasteiger partial charge in [0.1, 0.15) is 11.6 Å². The summed E-state index contributed by atoms with van der Waals surface area (Å²) in [6.45, 7) is 0. The van der Waals surface area contributed by atoms with Crippen LogP contribution in [0.2, 0.25) is 0 Å². The molecule has 1 saturated carbocycles. The second kappa shape index (κ2) is 10.0.